The molecule has 90 valence electrons. The second-order valence-electron chi connectivity index (χ2n) is 3.96. The highest BCUT2D eigenvalue weighted by Gasteiger charge is 2.19. The van der Waals surface area contributed by atoms with Gasteiger partial charge in [0.1, 0.15) is 0 Å². The molecule has 0 aliphatic carbocycles. The number of hydrogen-bond acceptors (Lipinski definition) is 2. The lowest BCUT2D eigenvalue weighted by Crippen LogP contribution is -2.05. The number of ether oxygens (including phenoxy) is 1. The predicted molar refractivity (Wildman–Crippen MR) is 79.6 cm³/mol. The molecule has 5 heteroatoms. The third-order valence-electron chi connectivity index (χ3n) is 2.79. The topological polar surface area (TPSA) is 9.23 Å². The van der Waals surface area contributed by atoms with Gasteiger partial charge in [-0.25, -0.2) is 0 Å². The minimum Gasteiger partial charge on any atom is -0.378 e. The quantitative estimate of drug-likeness (QED) is 0.557. The molecule has 1 aromatic rings. The van der Waals surface area contributed by atoms with E-state index in [1.807, 2.05) is 0 Å². The summed E-state index contributed by atoms with van der Waals surface area (Å²) in [5.74, 6) is 0. The minimum absolute atomic E-state index is 0.425. The maximum Gasteiger partial charge on any atom is 0.0753 e. The lowest BCUT2D eigenvalue weighted by Gasteiger charge is -2.12. The molecule has 0 aromatic carbocycles. The molecular weight excluding hydrogens is 420 g/mol. The molecule has 0 spiro atoms. The van der Waals surface area contributed by atoms with Crippen LogP contribution in [0.4, 0.5) is 0 Å². The maximum atomic E-state index is 5.64. The van der Waals surface area contributed by atoms with Gasteiger partial charge in [0.15, 0.2) is 0 Å². The summed E-state index contributed by atoms with van der Waals surface area (Å²) in [6, 6.07) is 2.18. The highest BCUT2D eigenvalue weighted by molar-refractivity contribution is 9.12. The number of rotatable bonds is 4. The Labute approximate surface area is 125 Å². The van der Waals surface area contributed by atoms with Gasteiger partial charge in [-0.2, -0.15) is 0 Å². The molecule has 1 nitrogen and oxygen atoms in total. The van der Waals surface area contributed by atoms with Crippen LogP contribution in [0.25, 0.3) is 0 Å². The van der Waals surface area contributed by atoms with E-state index in [9.17, 15) is 0 Å². The number of halogens is 3. The fourth-order valence-corrected chi connectivity index (χ4v) is 5.98. The standard InChI is InChI=1S/C11H13Br3OS/c12-9(4-3-7-2-1-5-15-7)8-6-10(13)16-11(8)14/h6-7,9H,1-5H2. The zero-order chi connectivity index (χ0) is 11.5. The third-order valence-corrected chi connectivity index (χ3v) is 6.12. The Balaban J connectivity index is 1.87. The van der Waals surface area contributed by atoms with Crippen molar-refractivity contribution >= 4 is 59.1 Å². The van der Waals surface area contributed by atoms with E-state index in [0.717, 1.165) is 19.4 Å². The Morgan fingerprint density at radius 2 is 2.31 bits per heavy atom. The van der Waals surface area contributed by atoms with Crippen LogP contribution in [0.3, 0.4) is 0 Å². The van der Waals surface area contributed by atoms with Crippen molar-refractivity contribution in [1.82, 2.24) is 0 Å². The summed E-state index contributed by atoms with van der Waals surface area (Å²) in [5.41, 5.74) is 1.34. The highest BCUT2D eigenvalue weighted by Crippen LogP contribution is 2.41. The molecule has 1 fully saturated rings. The first-order chi connectivity index (χ1) is 7.66. The zero-order valence-corrected chi connectivity index (χ0v) is 14.3. The molecular formula is C11H13Br3OS. The SMILES string of the molecule is Brc1cc(C(Br)CCC2CCCO2)c(Br)s1. The van der Waals surface area contributed by atoms with Gasteiger partial charge in [0.2, 0.25) is 0 Å². The first kappa shape index (κ1) is 13.5. The molecule has 1 aliphatic heterocycles. The van der Waals surface area contributed by atoms with Crippen molar-refractivity contribution in [3.8, 4) is 0 Å². The van der Waals surface area contributed by atoms with Crippen LogP contribution in [-0.4, -0.2) is 12.7 Å². The molecule has 0 radical (unpaired) electrons. The summed E-state index contributed by atoms with van der Waals surface area (Å²) in [7, 11) is 0. The Hall–Kier alpha value is 1.10. The number of thiophene rings is 1. The molecule has 1 aliphatic rings. The van der Waals surface area contributed by atoms with Crippen molar-refractivity contribution in [3.05, 3.63) is 19.2 Å². The molecule has 2 unspecified atom stereocenters. The van der Waals surface area contributed by atoms with E-state index in [1.165, 1.54) is 26.0 Å². The monoisotopic (exact) mass is 430 g/mol. The van der Waals surface area contributed by atoms with Crippen LogP contribution < -0.4 is 0 Å². The molecule has 0 bridgehead atoms. The van der Waals surface area contributed by atoms with E-state index in [0.29, 0.717) is 10.9 Å². The molecule has 1 saturated heterocycles. The largest absolute Gasteiger partial charge is 0.378 e. The zero-order valence-electron chi connectivity index (χ0n) is 8.72. The van der Waals surface area contributed by atoms with E-state index >= 15 is 0 Å². The smallest absolute Gasteiger partial charge is 0.0753 e. The molecule has 2 heterocycles. The first-order valence-electron chi connectivity index (χ1n) is 5.37. The third kappa shape index (κ3) is 3.55. The van der Waals surface area contributed by atoms with Gasteiger partial charge in [-0.15, -0.1) is 11.3 Å². The second kappa shape index (κ2) is 6.32. The summed E-state index contributed by atoms with van der Waals surface area (Å²) in [6.07, 6.45) is 5.22. The van der Waals surface area contributed by atoms with E-state index in [-0.39, 0.29) is 0 Å². The van der Waals surface area contributed by atoms with E-state index < -0.39 is 0 Å². The van der Waals surface area contributed by atoms with E-state index in [2.05, 4.69) is 53.9 Å². The van der Waals surface area contributed by atoms with Crippen LogP contribution in [0.1, 0.15) is 36.1 Å². The van der Waals surface area contributed by atoms with Gasteiger partial charge in [-0.05, 0) is 69.2 Å². The molecule has 0 amide bonds. The van der Waals surface area contributed by atoms with Gasteiger partial charge < -0.3 is 4.74 Å². The van der Waals surface area contributed by atoms with Crippen molar-refractivity contribution in [2.75, 3.05) is 6.61 Å². The van der Waals surface area contributed by atoms with Crippen LogP contribution in [-0.2, 0) is 4.74 Å². The van der Waals surface area contributed by atoms with Gasteiger partial charge in [-0.3, -0.25) is 0 Å². The fraction of sp³-hybridized carbons (Fsp3) is 0.636. The van der Waals surface area contributed by atoms with Crippen LogP contribution in [0.15, 0.2) is 13.6 Å². The van der Waals surface area contributed by atoms with Crippen molar-refractivity contribution in [2.24, 2.45) is 0 Å². The van der Waals surface area contributed by atoms with Gasteiger partial charge >= 0.3 is 0 Å². The highest BCUT2D eigenvalue weighted by atomic mass is 79.9. The summed E-state index contributed by atoms with van der Waals surface area (Å²) < 4.78 is 8.03. The molecule has 16 heavy (non-hydrogen) atoms. The number of alkyl halides is 1. The number of hydrogen-bond donors (Lipinski definition) is 0. The minimum atomic E-state index is 0.425. The van der Waals surface area contributed by atoms with Gasteiger partial charge in [0, 0.05) is 11.4 Å². The predicted octanol–water partition coefficient (Wildman–Crippen LogP) is 5.67. The summed E-state index contributed by atoms with van der Waals surface area (Å²) >= 11 is 12.6. The normalized spacial score (nSPS) is 22.6. The molecule has 1 aromatic heterocycles. The molecule has 2 atom stereocenters. The summed E-state index contributed by atoms with van der Waals surface area (Å²) in [4.78, 5) is 0.425. The van der Waals surface area contributed by atoms with E-state index in [1.54, 1.807) is 11.3 Å². The Morgan fingerprint density at radius 3 is 2.88 bits per heavy atom. The van der Waals surface area contributed by atoms with Crippen molar-refractivity contribution < 1.29 is 4.74 Å². The first-order valence-corrected chi connectivity index (χ1v) is 8.69. The van der Waals surface area contributed by atoms with Crippen molar-refractivity contribution in [3.63, 3.8) is 0 Å². The van der Waals surface area contributed by atoms with Crippen LogP contribution in [0.2, 0.25) is 0 Å². The Bertz CT molecular complexity index is 347. The summed E-state index contributed by atoms with van der Waals surface area (Å²) in [5, 5.41) is 0. The maximum absolute atomic E-state index is 5.64. The van der Waals surface area contributed by atoms with Crippen molar-refractivity contribution in [1.29, 1.82) is 0 Å². The molecule has 2 rings (SSSR count). The van der Waals surface area contributed by atoms with E-state index in [4.69, 9.17) is 4.74 Å². The fourth-order valence-electron chi connectivity index (χ4n) is 1.93. The van der Waals surface area contributed by atoms with Crippen LogP contribution in [0.5, 0.6) is 0 Å². The summed E-state index contributed by atoms with van der Waals surface area (Å²) in [6.45, 7) is 0.950. The van der Waals surface area contributed by atoms with Crippen molar-refractivity contribution in [2.45, 2.75) is 36.6 Å². The lowest BCUT2D eigenvalue weighted by molar-refractivity contribution is 0.102. The Kier molecular flexibility index (Phi) is 5.34. The molecule has 0 N–H and O–H groups in total. The lowest BCUT2D eigenvalue weighted by atomic mass is 10.1. The average Bonchev–Trinajstić information content (AvgIpc) is 2.84. The molecule has 0 saturated carbocycles. The average molecular weight is 433 g/mol. The van der Waals surface area contributed by atoms with Gasteiger partial charge in [-0.1, -0.05) is 15.9 Å². The van der Waals surface area contributed by atoms with Gasteiger partial charge in [0.25, 0.3) is 0 Å². The second-order valence-corrected chi connectivity index (χ2v) is 8.81. The van der Waals surface area contributed by atoms with Gasteiger partial charge in [0.05, 0.1) is 13.7 Å². The van der Waals surface area contributed by atoms with Crippen LogP contribution in [0, 0.1) is 0 Å². The van der Waals surface area contributed by atoms with Crippen LogP contribution >= 0.6 is 59.1 Å². The Morgan fingerprint density at radius 1 is 1.50 bits per heavy atom.